The van der Waals surface area contributed by atoms with Crippen LogP contribution >= 0.6 is 0 Å². The molecule has 7 nitrogen and oxygen atoms in total. The van der Waals surface area contributed by atoms with Crippen LogP contribution < -0.4 is 5.32 Å². The topological polar surface area (TPSA) is 91.5 Å². The lowest BCUT2D eigenvalue weighted by atomic mass is 10.2. The largest absolute Gasteiger partial charge is 0.444 e. The lowest BCUT2D eigenvalue weighted by Crippen LogP contribution is -2.41. The van der Waals surface area contributed by atoms with Crippen molar-refractivity contribution in [2.45, 2.75) is 43.7 Å². The molecule has 0 spiro atoms. The zero-order chi connectivity index (χ0) is 18.2. The van der Waals surface area contributed by atoms with E-state index in [2.05, 4.69) is 10.3 Å². The van der Waals surface area contributed by atoms with E-state index in [9.17, 15) is 13.2 Å². The Kier molecular flexibility index (Phi) is 4.51. The van der Waals surface area contributed by atoms with Gasteiger partial charge in [0, 0.05) is 36.2 Å². The Morgan fingerprint density at radius 3 is 2.80 bits per heavy atom. The van der Waals surface area contributed by atoms with Gasteiger partial charge in [0.1, 0.15) is 5.60 Å². The van der Waals surface area contributed by atoms with E-state index >= 15 is 0 Å². The summed E-state index contributed by atoms with van der Waals surface area (Å²) < 4.78 is 32.3. The number of hydrogen-bond donors (Lipinski definition) is 2. The Bertz CT molecular complexity index is 883. The molecule has 2 heterocycles. The van der Waals surface area contributed by atoms with Gasteiger partial charge in [-0.3, -0.25) is 0 Å². The van der Waals surface area contributed by atoms with Crippen molar-refractivity contribution in [3.63, 3.8) is 0 Å². The Labute approximate surface area is 147 Å². The minimum absolute atomic E-state index is 0.243. The van der Waals surface area contributed by atoms with Crippen molar-refractivity contribution in [1.82, 2.24) is 14.6 Å². The number of H-pyrrole nitrogens is 1. The summed E-state index contributed by atoms with van der Waals surface area (Å²) in [5.41, 5.74) is 0.310. The van der Waals surface area contributed by atoms with Gasteiger partial charge < -0.3 is 15.0 Å². The molecule has 0 unspecified atom stereocenters. The number of rotatable bonds is 3. The average molecular weight is 365 g/mol. The fourth-order valence-corrected chi connectivity index (χ4v) is 4.42. The van der Waals surface area contributed by atoms with Crippen LogP contribution in [0.25, 0.3) is 10.9 Å². The van der Waals surface area contributed by atoms with Gasteiger partial charge in [-0.05, 0) is 51.5 Å². The third-order valence-electron chi connectivity index (χ3n) is 4.03. The second kappa shape index (κ2) is 6.34. The first-order valence-electron chi connectivity index (χ1n) is 8.22. The van der Waals surface area contributed by atoms with E-state index in [1.54, 1.807) is 45.2 Å². The number of nitrogens with zero attached hydrogens (tertiary/aromatic N) is 1. The van der Waals surface area contributed by atoms with Crippen LogP contribution in [0, 0.1) is 0 Å². The standard InChI is InChI=1S/C17H23N3O4S/c1-17(2,3)24-16(21)19-13-7-9-20(11-13)25(22,23)14-4-5-15-12(10-14)6-8-18-15/h4-6,8,10,13,18H,7,9,11H2,1-3H3,(H,19,21)/t13-/m1/s1. The van der Waals surface area contributed by atoms with Gasteiger partial charge in [0.25, 0.3) is 0 Å². The zero-order valence-electron chi connectivity index (χ0n) is 14.6. The van der Waals surface area contributed by atoms with Crippen LogP contribution in [0.4, 0.5) is 4.79 Å². The fraction of sp³-hybridized carbons (Fsp3) is 0.471. The molecule has 1 fully saturated rings. The number of ether oxygens (including phenoxy) is 1. The highest BCUT2D eigenvalue weighted by Crippen LogP contribution is 2.24. The highest BCUT2D eigenvalue weighted by atomic mass is 32.2. The van der Waals surface area contributed by atoms with Crippen molar-refractivity contribution < 1.29 is 17.9 Å². The van der Waals surface area contributed by atoms with Crippen LogP contribution in [0.3, 0.4) is 0 Å². The second-order valence-electron chi connectivity index (χ2n) is 7.22. The smallest absolute Gasteiger partial charge is 0.407 e. The molecule has 1 aliphatic heterocycles. The molecule has 25 heavy (non-hydrogen) atoms. The molecule has 1 atom stereocenters. The molecule has 1 amide bonds. The summed E-state index contributed by atoms with van der Waals surface area (Å²) >= 11 is 0. The van der Waals surface area contributed by atoms with Gasteiger partial charge >= 0.3 is 6.09 Å². The summed E-state index contributed by atoms with van der Waals surface area (Å²) in [6, 6.07) is 6.61. The molecule has 2 N–H and O–H groups in total. The number of alkyl carbamates (subject to hydrolysis) is 1. The SMILES string of the molecule is CC(C)(C)OC(=O)N[C@@H]1CCN(S(=O)(=O)c2ccc3[nH]ccc3c2)C1. The highest BCUT2D eigenvalue weighted by molar-refractivity contribution is 7.89. The molecule has 2 aromatic rings. The molecule has 136 valence electrons. The van der Waals surface area contributed by atoms with E-state index in [1.165, 1.54) is 4.31 Å². The number of aromatic amines is 1. The number of amides is 1. The Morgan fingerprint density at radius 2 is 2.08 bits per heavy atom. The minimum Gasteiger partial charge on any atom is -0.444 e. The molecular formula is C17H23N3O4S. The lowest BCUT2D eigenvalue weighted by Gasteiger charge is -2.22. The van der Waals surface area contributed by atoms with Gasteiger partial charge in [-0.1, -0.05) is 0 Å². The van der Waals surface area contributed by atoms with Crippen LogP contribution in [0.2, 0.25) is 0 Å². The van der Waals surface area contributed by atoms with E-state index in [4.69, 9.17) is 4.74 Å². The quantitative estimate of drug-likeness (QED) is 0.874. The Morgan fingerprint density at radius 1 is 1.32 bits per heavy atom. The summed E-state index contributed by atoms with van der Waals surface area (Å²) in [7, 11) is -3.58. The molecular weight excluding hydrogens is 342 g/mol. The maximum atomic E-state index is 12.8. The summed E-state index contributed by atoms with van der Waals surface area (Å²) in [4.78, 5) is 15.2. The average Bonchev–Trinajstić information content (AvgIpc) is 3.13. The number of benzene rings is 1. The summed E-state index contributed by atoms with van der Waals surface area (Å²) in [5.74, 6) is 0. The number of hydrogen-bond acceptors (Lipinski definition) is 4. The minimum atomic E-state index is -3.58. The van der Waals surface area contributed by atoms with Crippen molar-refractivity contribution >= 4 is 27.0 Å². The third-order valence-corrected chi connectivity index (χ3v) is 5.90. The summed E-state index contributed by atoms with van der Waals surface area (Å²) in [6.45, 7) is 5.97. The van der Waals surface area contributed by atoms with Crippen LogP contribution in [0.15, 0.2) is 35.4 Å². The normalized spacial score (nSPS) is 19.2. The summed E-state index contributed by atoms with van der Waals surface area (Å²) in [5, 5.41) is 3.59. The zero-order valence-corrected chi connectivity index (χ0v) is 15.4. The van der Waals surface area contributed by atoms with Crippen LogP contribution in [-0.2, 0) is 14.8 Å². The van der Waals surface area contributed by atoms with Crippen molar-refractivity contribution in [2.24, 2.45) is 0 Å². The molecule has 1 aliphatic rings. The van der Waals surface area contributed by atoms with Crippen molar-refractivity contribution in [1.29, 1.82) is 0 Å². The summed E-state index contributed by atoms with van der Waals surface area (Å²) in [6.07, 6.45) is 1.81. The second-order valence-corrected chi connectivity index (χ2v) is 9.16. The molecule has 3 rings (SSSR count). The van der Waals surface area contributed by atoms with Gasteiger partial charge in [-0.15, -0.1) is 0 Å². The molecule has 1 saturated heterocycles. The first-order chi connectivity index (χ1) is 11.6. The van der Waals surface area contributed by atoms with E-state index in [-0.39, 0.29) is 17.5 Å². The lowest BCUT2D eigenvalue weighted by molar-refractivity contribution is 0.0507. The van der Waals surface area contributed by atoms with Crippen LogP contribution in [-0.4, -0.2) is 48.5 Å². The first kappa shape index (κ1) is 17.8. The predicted molar refractivity (Wildman–Crippen MR) is 94.8 cm³/mol. The molecule has 0 aliphatic carbocycles. The van der Waals surface area contributed by atoms with Gasteiger partial charge in [-0.2, -0.15) is 4.31 Å². The molecule has 0 radical (unpaired) electrons. The van der Waals surface area contributed by atoms with Crippen molar-refractivity contribution in [2.75, 3.05) is 13.1 Å². The maximum absolute atomic E-state index is 12.8. The fourth-order valence-electron chi connectivity index (χ4n) is 2.88. The number of aromatic nitrogens is 1. The Balaban J connectivity index is 1.69. The maximum Gasteiger partial charge on any atom is 0.407 e. The van der Waals surface area contributed by atoms with Crippen molar-refractivity contribution in [3.8, 4) is 0 Å². The molecule has 1 aromatic heterocycles. The molecule has 1 aromatic carbocycles. The van der Waals surface area contributed by atoms with Gasteiger partial charge in [-0.25, -0.2) is 13.2 Å². The first-order valence-corrected chi connectivity index (χ1v) is 9.66. The van der Waals surface area contributed by atoms with Gasteiger partial charge in [0.15, 0.2) is 0 Å². The highest BCUT2D eigenvalue weighted by Gasteiger charge is 2.34. The van der Waals surface area contributed by atoms with Crippen LogP contribution in [0.1, 0.15) is 27.2 Å². The predicted octanol–water partition coefficient (Wildman–Crippen LogP) is 2.46. The molecule has 0 bridgehead atoms. The number of sulfonamides is 1. The van der Waals surface area contributed by atoms with E-state index in [0.717, 1.165) is 10.9 Å². The monoisotopic (exact) mass is 365 g/mol. The third kappa shape index (κ3) is 3.96. The number of carbonyl (C=O) groups excluding carboxylic acids is 1. The number of carbonyl (C=O) groups is 1. The van der Waals surface area contributed by atoms with E-state index < -0.39 is 21.7 Å². The Hall–Kier alpha value is -2.06. The molecule has 8 heteroatoms. The number of nitrogens with one attached hydrogen (secondary N) is 2. The van der Waals surface area contributed by atoms with E-state index in [0.29, 0.717) is 13.0 Å². The van der Waals surface area contributed by atoms with Crippen LogP contribution in [0.5, 0.6) is 0 Å². The van der Waals surface area contributed by atoms with E-state index in [1.807, 2.05) is 6.07 Å². The van der Waals surface area contributed by atoms with Gasteiger partial charge in [0.2, 0.25) is 10.0 Å². The van der Waals surface area contributed by atoms with Crippen molar-refractivity contribution in [3.05, 3.63) is 30.5 Å². The van der Waals surface area contributed by atoms with Gasteiger partial charge in [0.05, 0.1) is 4.90 Å². The molecule has 0 saturated carbocycles. The number of fused-ring (bicyclic) bond motifs is 1.